The van der Waals surface area contributed by atoms with Crippen molar-refractivity contribution in [3.63, 3.8) is 0 Å². The number of furan rings is 1. The lowest BCUT2D eigenvalue weighted by Crippen LogP contribution is -2.18. The summed E-state index contributed by atoms with van der Waals surface area (Å²) in [6.45, 7) is 9.43. The van der Waals surface area contributed by atoms with E-state index in [1.807, 2.05) is 10.6 Å². The maximum absolute atomic E-state index is 12.9. The van der Waals surface area contributed by atoms with Crippen molar-refractivity contribution < 1.29 is 18.7 Å². The molecule has 4 aromatic rings. The van der Waals surface area contributed by atoms with Crippen molar-refractivity contribution in [2.45, 2.75) is 40.8 Å². The van der Waals surface area contributed by atoms with Crippen LogP contribution in [-0.4, -0.2) is 28.5 Å². The predicted molar refractivity (Wildman–Crippen MR) is 136 cm³/mol. The van der Waals surface area contributed by atoms with E-state index in [2.05, 4.69) is 61.5 Å². The molecule has 0 radical (unpaired) electrons. The third-order valence-corrected chi connectivity index (χ3v) is 5.91. The minimum atomic E-state index is -0.546. The van der Waals surface area contributed by atoms with Crippen LogP contribution in [0, 0.1) is 19.8 Å². The molecule has 8 nitrogen and oxygen atoms in total. The highest BCUT2D eigenvalue weighted by molar-refractivity contribution is 6.14. The standard InChI is InChI=1S/C27H30N4O4/c1-16(2)14-31-24(27(33)34-5)23(30-26(32)20-8-9-35-15-20)22-11-21(13-29-25(22)31)28-12-19-7-6-17(3)18(4)10-19/h6-11,13,15-16,28H,12,14H2,1-5H3,(H,30,32). The number of amides is 1. The number of pyridine rings is 1. The zero-order chi connectivity index (χ0) is 25.1. The van der Waals surface area contributed by atoms with Crippen molar-refractivity contribution in [1.82, 2.24) is 9.55 Å². The van der Waals surface area contributed by atoms with E-state index in [1.54, 1.807) is 12.3 Å². The number of nitrogens with zero attached hydrogens (tertiary/aromatic N) is 2. The van der Waals surface area contributed by atoms with E-state index in [0.29, 0.717) is 35.4 Å². The molecule has 3 aromatic heterocycles. The summed E-state index contributed by atoms with van der Waals surface area (Å²) in [6.07, 6.45) is 4.52. The fourth-order valence-corrected chi connectivity index (χ4v) is 4.00. The predicted octanol–water partition coefficient (Wildman–Crippen LogP) is 5.55. The molecule has 1 aromatic carbocycles. The van der Waals surface area contributed by atoms with Gasteiger partial charge in [-0.25, -0.2) is 9.78 Å². The first-order valence-corrected chi connectivity index (χ1v) is 11.5. The van der Waals surface area contributed by atoms with Gasteiger partial charge < -0.3 is 24.4 Å². The largest absolute Gasteiger partial charge is 0.472 e. The Balaban J connectivity index is 1.77. The number of fused-ring (bicyclic) bond motifs is 1. The van der Waals surface area contributed by atoms with Crippen LogP contribution >= 0.6 is 0 Å². The Bertz CT molecular complexity index is 1370. The molecule has 0 saturated heterocycles. The van der Waals surface area contributed by atoms with Crippen molar-refractivity contribution in [3.8, 4) is 0 Å². The van der Waals surface area contributed by atoms with Gasteiger partial charge in [-0.3, -0.25) is 4.79 Å². The molecule has 0 spiro atoms. The third kappa shape index (κ3) is 5.06. The number of hydrogen-bond donors (Lipinski definition) is 2. The summed E-state index contributed by atoms with van der Waals surface area (Å²) in [5.41, 5.74) is 5.96. The molecule has 4 rings (SSSR count). The number of nitrogens with one attached hydrogen (secondary N) is 2. The molecule has 0 fully saturated rings. The van der Waals surface area contributed by atoms with E-state index in [9.17, 15) is 9.59 Å². The second kappa shape index (κ2) is 10.0. The van der Waals surface area contributed by atoms with Crippen LogP contribution in [-0.2, 0) is 17.8 Å². The Kier molecular flexibility index (Phi) is 6.91. The number of aryl methyl sites for hydroxylation is 2. The van der Waals surface area contributed by atoms with Crippen LogP contribution in [0.3, 0.4) is 0 Å². The normalized spacial score (nSPS) is 11.1. The van der Waals surface area contributed by atoms with Crippen molar-refractivity contribution in [2.24, 2.45) is 5.92 Å². The van der Waals surface area contributed by atoms with Gasteiger partial charge >= 0.3 is 5.97 Å². The first-order chi connectivity index (χ1) is 16.8. The Labute approximate surface area is 204 Å². The molecule has 0 aliphatic carbocycles. The Hall–Kier alpha value is -4.07. The van der Waals surface area contributed by atoms with Gasteiger partial charge in [0, 0.05) is 18.5 Å². The average molecular weight is 475 g/mol. The number of aromatic nitrogens is 2. The zero-order valence-electron chi connectivity index (χ0n) is 20.6. The number of benzene rings is 1. The SMILES string of the molecule is COC(=O)c1c(NC(=O)c2ccoc2)c2cc(NCc3ccc(C)c(C)c3)cnc2n1CC(C)C. The highest BCUT2D eigenvalue weighted by Gasteiger charge is 2.27. The number of esters is 1. The minimum absolute atomic E-state index is 0.232. The Morgan fingerprint density at radius 1 is 1.14 bits per heavy atom. The van der Waals surface area contributed by atoms with Crippen molar-refractivity contribution in [1.29, 1.82) is 0 Å². The topological polar surface area (TPSA) is 98.4 Å². The van der Waals surface area contributed by atoms with Crippen molar-refractivity contribution in [2.75, 3.05) is 17.7 Å². The molecule has 35 heavy (non-hydrogen) atoms. The molecule has 3 heterocycles. The number of carbonyl (C=O) groups excluding carboxylic acids is 2. The number of rotatable bonds is 8. The maximum atomic E-state index is 12.9. The van der Waals surface area contributed by atoms with E-state index in [4.69, 9.17) is 9.15 Å². The van der Waals surface area contributed by atoms with Gasteiger partial charge in [-0.2, -0.15) is 0 Å². The molecule has 8 heteroatoms. The molecule has 0 bridgehead atoms. The fraction of sp³-hybridized carbons (Fsp3) is 0.296. The number of carbonyl (C=O) groups is 2. The fourth-order valence-electron chi connectivity index (χ4n) is 4.00. The average Bonchev–Trinajstić information content (AvgIpc) is 3.47. The van der Waals surface area contributed by atoms with Crippen LogP contribution < -0.4 is 10.6 Å². The summed E-state index contributed by atoms with van der Waals surface area (Å²) in [5, 5.41) is 6.94. The lowest BCUT2D eigenvalue weighted by molar-refractivity contribution is 0.0589. The van der Waals surface area contributed by atoms with Gasteiger partial charge in [0.15, 0.2) is 5.69 Å². The van der Waals surface area contributed by atoms with Crippen LogP contribution in [0.25, 0.3) is 11.0 Å². The van der Waals surface area contributed by atoms with Crippen LogP contribution in [0.1, 0.15) is 51.4 Å². The zero-order valence-corrected chi connectivity index (χ0v) is 20.6. The first kappa shape index (κ1) is 24.1. The second-order valence-electron chi connectivity index (χ2n) is 9.05. The van der Waals surface area contributed by atoms with Gasteiger partial charge in [-0.1, -0.05) is 32.0 Å². The van der Waals surface area contributed by atoms with Gasteiger partial charge in [-0.05, 0) is 48.6 Å². The summed E-state index contributed by atoms with van der Waals surface area (Å²) in [6, 6.07) is 9.81. The van der Waals surface area contributed by atoms with Crippen LogP contribution in [0.5, 0.6) is 0 Å². The molecule has 0 aliphatic heterocycles. The quantitative estimate of drug-likeness (QED) is 0.325. The molecule has 182 valence electrons. The second-order valence-corrected chi connectivity index (χ2v) is 9.05. The Morgan fingerprint density at radius 3 is 2.60 bits per heavy atom. The number of anilines is 2. The van der Waals surface area contributed by atoms with E-state index in [1.165, 1.54) is 30.8 Å². The highest BCUT2D eigenvalue weighted by atomic mass is 16.5. The third-order valence-electron chi connectivity index (χ3n) is 5.91. The lowest BCUT2D eigenvalue weighted by Gasteiger charge is -2.12. The molecule has 0 aliphatic rings. The number of hydrogen-bond acceptors (Lipinski definition) is 6. The lowest BCUT2D eigenvalue weighted by atomic mass is 10.1. The van der Waals surface area contributed by atoms with Crippen LogP contribution in [0.4, 0.5) is 11.4 Å². The number of ether oxygens (including phenoxy) is 1. The summed E-state index contributed by atoms with van der Waals surface area (Å²) >= 11 is 0. The monoisotopic (exact) mass is 474 g/mol. The summed E-state index contributed by atoms with van der Waals surface area (Å²) in [4.78, 5) is 30.4. The molecule has 1 amide bonds. The molecule has 0 saturated carbocycles. The van der Waals surface area contributed by atoms with E-state index >= 15 is 0 Å². The van der Waals surface area contributed by atoms with Gasteiger partial charge in [-0.15, -0.1) is 0 Å². The van der Waals surface area contributed by atoms with Crippen LogP contribution in [0.2, 0.25) is 0 Å². The van der Waals surface area contributed by atoms with E-state index in [-0.39, 0.29) is 17.5 Å². The summed E-state index contributed by atoms with van der Waals surface area (Å²) in [5.74, 6) is -0.701. The number of methoxy groups -OCH3 is 1. The van der Waals surface area contributed by atoms with Gasteiger partial charge in [0.2, 0.25) is 0 Å². The van der Waals surface area contributed by atoms with E-state index in [0.717, 1.165) is 11.3 Å². The van der Waals surface area contributed by atoms with Crippen LogP contribution in [0.15, 0.2) is 53.5 Å². The molecular weight excluding hydrogens is 444 g/mol. The molecule has 2 N–H and O–H groups in total. The summed E-state index contributed by atoms with van der Waals surface area (Å²) < 4.78 is 11.9. The summed E-state index contributed by atoms with van der Waals surface area (Å²) in [7, 11) is 1.32. The highest BCUT2D eigenvalue weighted by Crippen LogP contribution is 2.34. The molecule has 0 unspecified atom stereocenters. The maximum Gasteiger partial charge on any atom is 0.356 e. The molecule has 0 atom stereocenters. The molecular formula is C27H30N4O4. The van der Waals surface area contributed by atoms with Crippen molar-refractivity contribution >= 4 is 34.3 Å². The first-order valence-electron chi connectivity index (χ1n) is 11.5. The minimum Gasteiger partial charge on any atom is -0.472 e. The van der Waals surface area contributed by atoms with Gasteiger partial charge in [0.25, 0.3) is 5.91 Å². The van der Waals surface area contributed by atoms with E-state index < -0.39 is 5.97 Å². The van der Waals surface area contributed by atoms with Crippen molar-refractivity contribution in [3.05, 3.63) is 77.0 Å². The Morgan fingerprint density at radius 2 is 1.94 bits per heavy atom. The van der Waals surface area contributed by atoms with Gasteiger partial charge in [0.1, 0.15) is 11.9 Å². The van der Waals surface area contributed by atoms with Gasteiger partial charge in [0.05, 0.1) is 36.5 Å². The smallest absolute Gasteiger partial charge is 0.356 e.